The molecule has 4 amide bonds. The lowest BCUT2D eigenvalue weighted by atomic mass is 9.99. The second kappa shape index (κ2) is 22.1. The standard InChI is InChI=1S/C41H72N4O8/c1-37(2,3)53-36(50)45-39(6,7)26-30-51-40(8,9)23-22-33(47)42-28-24-41(10,11)52-29-25-38(4,5)44-34(48)21-15-13-12-14-18-27-43-35(49)31-19-16-17-20-32(31)46/h16-17,19-20,46H,12-15,18,21-30H2,1-11H3,(H,42,47)(H,43,49)(H,44,48)(H,45,50). The molecule has 0 spiro atoms. The second-order valence-corrected chi connectivity index (χ2v) is 17.5. The van der Waals surface area contributed by atoms with Crippen LogP contribution >= 0.6 is 0 Å². The number of carbonyl (C=O) groups is 4. The highest BCUT2D eigenvalue weighted by Gasteiger charge is 2.27. The van der Waals surface area contributed by atoms with E-state index in [1.807, 2.05) is 76.2 Å². The van der Waals surface area contributed by atoms with E-state index in [1.165, 1.54) is 6.07 Å². The Morgan fingerprint density at radius 2 is 1.15 bits per heavy atom. The SMILES string of the molecule is CC(C)(CCOC(C)(C)CCNC(=O)CCC(C)(C)OCCC(C)(C)NC(=O)OC(C)(C)C)NC(=O)CCCCCCCNC(=O)c1ccccc1O. The Morgan fingerprint density at radius 1 is 0.604 bits per heavy atom. The number of phenolic OH excluding ortho intramolecular Hbond substituents is 1. The molecule has 1 aromatic carbocycles. The smallest absolute Gasteiger partial charge is 0.408 e. The van der Waals surface area contributed by atoms with Gasteiger partial charge in [-0.1, -0.05) is 31.4 Å². The number of phenols is 1. The Kier molecular flexibility index (Phi) is 19.9. The Balaban J connectivity index is 2.19. The van der Waals surface area contributed by atoms with E-state index in [9.17, 15) is 24.3 Å². The Bertz CT molecular complexity index is 1290. The Morgan fingerprint density at radius 3 is 1.75 bits per heavy atom. The van der Waals surface area contributed by atoms with Gasteiger partial charge in [-0.05, 0) is 127 Å². The lowest BCUT2D eigenvalue weighted by molar-refractivity contribution is -0.123. The summed E-state index contributed by atoms with van der Waals surface area (Å²) in [6.07, 6.45) is 7.32. The van der Waals surface area contributed by atoms with E-state index < -0.39 is 34.0 Å². The van der Waals surface area contributed by atoms with Crippen LogP contribution in [0.1, 0.15) is 157 Å². The maximum atomic E-state index is 12.6. The van der Waals surface area contributed by atoms with Gasteiger partial charge in [0.1, 0.15) is 11.4 Å². The van der Waals surface area contributed by atoms with Crippen molar-refractivity contribution in [2.45, 2.75) is 175 Å². The molecular weight excluding hydrogens is 676 g/mol. The van der Waals surface area contributed by atoms with Crippen LogP contribution in [-0.2, 0) is 23.8 Å². The zero-order valence-electron chi connectivity index (χ0n) is 34.7. The number of hydrogen-bond acceptors (Lipinski definition) is 8. The van der Waals surface area contributed by atoms with Gasteiger partial charge in [-0.15, -0.1) is 0 Å². The summed E-state index contributed by atoms with van der Waals surface area (Å²) in [6, 6.07) is 6.49. The normalized spacial score (nSPS) is 12.6. The molecule has 0 aromatic heterocycles. The summed E-state index contributed by atoms with van der Waals surface area (Å²) in [7, 11) is 0. The van der Waals surface area contributed by atoms with E-state index in [0.29, 0.717) is 64.8 Å². The number of carbonyl (C=O) groups excluding carboxylic acids is 4. The number of alkyl carbamates (subject to hydrolysis) is 1. The molecule has 12 heteroatoms. The highest BCUT2D eigenvalue weighted by molar-refractivity contribution is 5.96. The number of benzene rings is 1. The monoisotopic (exact) mass is 749 g/mol. The van der Waals surface area contributed by atoms with Crippen LogP contribution in [-0.4, -0.2) is 83.1 Å². The van der Waals surface area contributed by atoms with Crippen molar-refractivity contribution in [1.82, 2.24) is 21.3 Å². The molecule has 0 saturated heterocycles. The number of amides is 4. The van der Waals surface area contributed by atoms with Crippen molar-refractivity contribution < 1.29 is 38.5 Å². The van der Waals surface area contributed by atoms with Gasteiger partial charge < -0.3 is 40.6 Å². The van der Waals surface area contributed by atoms with Crippen LogP contribution in [0.5, 0.6) is 5.75 Å². The summed E-state index contributed by atoms with van der Waals surface area (Å²) in [4.78, 5) is 49.5. The molecule has 1 aromatic rings. The van der Waals surface area contributed by atoms with Crippen LogP contribution < -0.4 is 21.3 Å². The predicted molar refractivity (Wildman–Crippen MR) is 210 cm³/mol. The number of unbranched alkanes of at least 4 members (excludes halogenated alkanes) is 4. The number of aromatic hydroxyl groups is 1. The first-order chi connectivity index (χ1) is 24.4. The van der Waals surface area contributed by atoms with Gasteiger partial charge in [0.05, 0.1) is 16.8 Å². The van der Waals surface area contributed by atoms with Crippen molar-refractivity contribution in [1.29, 1.82) is 0 Å². The molecule has 0 fully saturated rings. The molecule has 1 rings (SSSR count). The first kappa shape index (κ1) is 47.6. The minimum absolute atomic E-state index is 0.0225. The summed E-state index contributed by atoms with van der Waals surface area (Å²) < 4.78 is 17.6. The summed E-state index contributed by atoms with van der Waals surface area (Å²) >= 11 is 0. The van der Waals surface area contributed by atoms with E-state index in [0.717, 1.165) is 32.1 Å². The summed E-state index contributed by atoms with van der Waals surface area (Å²) in [5, 5.41) is 21.6. The minimum Gasteiger partial charge on any atom is -0.507 e. The summed E-state index contributed by atoms with van der Waals surface area (Å²) in [5.74, 6) is -0.309. The first-order valence-corrected chi connectivity index (χ1v) is 19.3. The molecule has 0 aliphatic rings. The van der Waals surface area contributed by atoms with Gasteiger partial charge in [0, 0.05) is 50.2 Å². The van der Waals surface area contributed by atoms with Crippen LogP contribution in [0, 0.1) is 0 Å². The Hall–Kier alpha value is -3.38. The predicted octanol–water partition coefficient (Wildman–Crippen LogP) is 7.32. The fraction of sp³-hybridized carbons (Fsp3) is 0.756. The fourth-order valence-electron chi connectivity index (χ4n) is 5.36. The topological polar surface area (TPSA) is 164 Å². The van der Waals surface area contributed by atoms with Crippen LogP contribution in [0.15, 0.2) is 24.3 Å². The number of para-hydroxylation sites is 1. The molecule has 304 valence electrons. The van der Waals surface area contributed by atoms with Gasteiger partial charge >= 0.3 is 6.09 Å². The van der Waals surface area contributed by atoms with Crippen molar-refractivity contribution in [2.24, 2.45) is 0 Å². The second-order valence-electron chi connectivity index (χ2n) is 17.5. The minimum atomic E-state index is -0.564. The summed E-state index contributed by atoms with van der Waals surface area (Å²) in [5.41, 5.74) is -2.14. The average Bonchev–Trinajstić information content (AvgIpc) is 2.99. The van der Waals surface area contributed by atoms with Crippen LogP contribution in [0.3, 0.4) is 0 Å². The quantitative estimate of drug-likeness (QED) is 0.0650. The molecule has 0 atom stereocenters. The van der Waals surface area contributed by atoms with Gasteiger partial charge in [-0.2, -0.15) is 0 Å². The highest BCUT2D eigenvalue weighted by atomic mass is 16.6. The highest BCUT2D eigenvalue weighted by Crippen LogP contribution is 2.21. The van der Waals surface area contributed by atoms with Gasteiger partial charge in [0.25, 0.3) is 5.91 Å². The molecule has 0 unspecified atom stereocenters. The molecule has 0 aliphatic carbocycles. The summed E-state index contributed by atoms with van der Waals surface area (Å²) in [6.45, 7) is 23.2. The van der Waals surface area contributed by atoms with Gasteiger partial charge in [0.15, 0.2) is 0 Å². The molecular formula is C41H72N4O8. The largest absolute Gasteiger partial charge is 0.507 e. The van der Waals surface area contributed by atoms with Crippen LogP contribution in [0.2, 0.25) is 0 Å². The van der Waals surface area contributed by atoms with Crippen LogP contribution in [0.4, 0.5) is 4.79 Å². The van der Waals surface area contributed by atoms with E-state index in [1.54, 1.807) is 18.2 Å². The molecule has 0 bridgehead atoms. The van der Waals surface area contributed by atoms with Crippen molar-refractivity contribution in [3.63, 3.8) is 0 Å². The number of ether oxygens (including phenoxy) is 3. The third kappa shape index (κ3) is 23.8. The third-order valence-electron chi connectivity index (χ3n) is 8.78. The number of rotatable bonds is 25. The lowest BCUT2D eigenvalue weighted by Crippen LogP contribution is -2.46. The molecule has 0 saturated carbocycles. The van der Waals surface area contributed by atoms with E-state index in [2.05, 4.69) is 21.3 Å². The van der Waals surface area contributed by atoms with Gasteiger partial charge in [-0.25, -0.2) is 4.79 Å². The van der Waals surface area contributed by atoms with Gasteiger partial charge in [0.2, 0.25) is 11.8 Å². The third-order valence-corrected chi connectivity index (χ3v) is 8.78. The zero-order valence-corrected chi connectivity index (χ0v) is 34.7. The van der Waals surface area contributed by atoms with Crippen molar-refractivity contribution >= 4 is 23.8 Å². The number of nitrogens with one attached hydrogen (secondary N) is 4. The maximum Gasteiger partial charge on any atom is 0.408 e. The first-order valence-electron chi connectivity index (χ1n) is 19.3. The lowest BCUT2D eigenvalue weighted by Gasteiger charge is -2.31. The Labute approximate surface area is 319 Å². The molecule has 53 heavy (non-hydrogen) atoms. The fourth-order valence-corrected chi connectivity index (χ4v) is 5.36. The number of hydrogen-bond donors (Lipinski definition) is 5. The van der Waals surface area contributed by atoms with E-state index in [-0.39, 0.29) is 29.0 Å². The van der Waals surface area contributed by atoms with Crippen molar-refractivity contribution in [3.8, 4) is 5.75 Å². The molecule has 0 aliphatic heterocycles. The van der Waals surface area contributed by atoms with Crippen LogP contribution in [0.25, 0.3) is 0 Å². The molecule has 0 heterocycles. The van der Waals surface area contributed by atoms with Gasteiger partial charge in [-0.3, -0.25) is 14.4 Å². The van der Waals surface area contributed by atoms with E-state index in [4.69, 9.17) is 14.2 Å². The van der Waals surface area contributed by atoms with Crippen molar-refractivity contribution in [2.75, 3.05) is 26.3 Å². The molecule has 0 radical (unpaired) electrons. The molecule has 5 N–H and O–H groups in total. The molecule has 12 nitrogen and oxygen atoms in total. The average molecular weight is 749 g/mol. The van der Waals surface area contributed by atoms with E-state index >= 15 is 0 Å². The zero-order chi connectivity index (χ0) is 40.3. The van der Waals surface area contributed by atoms with Crippen molar-refractivity contribution in [3.05, 3.63) is 29.8 Å². The maximum absolute atomic E-state index is 12.6.